The fraction of sp³-hybridized carbons (Fsp3) is 0.960. The van der Waals surface area contributed by atoms with Gasteiger partial charge in [0.15, 0.2) is 0 Å². The van der Waals surface area contributed by atoms with E-state index in [-0.39, 0.29) is 0 Å². The van der Waals surface area contributed by atoms with Crippen molar-refractivity contribution in [3.8, 4) is 0 Å². The summed E-state index contributed by atoms with van der Waals surface area (Å²) in [5, 5.41) is 7.00. The van der Waals surface area contributed by atoms with Gasteiger partial charge in [-0.1, -0.05) is 33.6 Å². The van der Waals surface area contributed by atoms with Crippen molar-refractivity contribution < 1.29 is 9.90 Å². The molecule has 4 saturated carbocycles. The number of rotatable bonds is 4. The van der Waals surface area contributed by atoms with Gasteiger partial charge in [-0.25, -0.2) is 0 Å². The number of aliphatic hydroxyl groups excluding tert-OH is 1. The zero-order valence-corrected chi connectivity index (χ0v) is 18.4. The number of hydrogen-bond donors (Lipinski definition) is 1. The van der Waals surface area contributed by atoms with E-state index in [1.807, 2.05) is 0 Å². The van der Waals surface area contributed by atoms with Crippen LogP contribution in [0.2, 0.25) is 0 Å². The molecule has 0 heterocycles. The summed E-state index contributed by atoms with van der Waals surface area (Å²) < 4.78 is 0. The van der Waals surface area contributed by atoms with Gasteiger partial charge < -0.3 is 9.90 Å². The Balaban J connectivity index is 0.00000102. The van der Waals surface area contributed by atoms with Crippen molar-refractivity contribution in [2.75, 3.05) is 7.11 Å². The molecule has 4 rings (SSSR count). The van der Waals surface area contributed by atoms with Gasteiger partial charge in [-0.3, -0.25) is 0 Å². The van der Waals surface area contributed by atoms with Crippen LogP contribution in [0.1, 0.15) is 97.8 Å². The van der Waals surface area contributed by atoms with E-state index in [9.17, 15) is 4.79 Å². The lowest BCUT2D eigenvalue weighted by Crippen LogP contribution is -2.53. The first-order valence-electron chi connectivity index (χ1n) is 11.9. The maximum Gasteiger partial charge on any atom is 0.120 e. The zero-order chi connectivity index (χ0) is 19.7. The molecule has 0 aromatic rings. The Kier molecular flexibility index (Phi) is 6.76. The van der Waals surface area contributed by atoms with Crippen molar-refractivity contribution in [2.24, 2.45) is 46.3 Å². The quantitative estimate of drug-likeness (QED) is 0.588. The van der Waals surface area contributed by atoms with Crippen LogP contribution in [0.25, 0.3) is 0 Å². The van der Waals surface area contributed by atoms with Crippen molar-refractivity contribution in [1.29, 1.82) is 0 Å². The maximum absolute atomic E-state index is 10.8. The van der Waals surface area contributed by atoms with Crippen LogP contribution >= 0.6 is 0 Å². The summed E-state index contributed by atoms with van der Waals surface area (Å²) in [5.41, 5.74) is 1.24. The largest absolute Gasteiger partial charge is 0.400 e. The molecule has 4 unspecified atom stereocenters. The first-order valence-corrected chi connectivity index (χ1v) is 11.9. The molecule has 27 heavy (non-hydrogen) atoms. The third kappa shape index (κ3) is 3.53. The number of carbonyl (C=O) groups is 1. The van der Waals surface area contributed by atoms with E-state index in [1.54, 1.807) is 0 Å². The van der Waals surface area contributed by atoms with Crippen LogP contribution in [0.15, 0.2) is 0 Å². The second-order valence-electron chi connectivity index (χ2n) is 10.9. The molecule has 4 aliphatic carbocycles. The van der Waals surface area contributed by atoms with Gasteiger partial charge >= 0.3 is 0 Å². The van der Waals surface area contributed by atoms with Gasteiger partial charge in [0.25, 0.3) is 0 Å². The molecule has 0 aromatic heterocycles. The summed E-state index contributed by atoms with van der Waals surface area (Å²) >= 11 is 0. The van der Waals surface area contributed by atoms with Crippen LogP contribution < -0.4 is 0 Å². The van der Waals surface area contributed by atoms with Crippen molar-refractivity contribution in [3.63, 3.8) is 0 Å². The Morgan fingerprint density at radius 3 is 2.41 bits per heavy atom. The average molecular weight is 377 g/mol. The van der Waals surface area contributed by atoms with Gasteiger partial charge in [-0.05, 0) is 104 Å². The Morgan fingerprint density at radius 2 is 1.67 bits per heavy atom. The van der Waals surface area contributed by atoms with E-state index in [2.05, 4.69) is 20.8 Å². The average Bonchev–Trinajstić information content (AvgIpc) is 3.04. The van der Waals surface area contributed by atoms with Gasteiger partial charge in [0.2, 0.25) is 0 Å². The highest BCUT2D eigenvalue weighted by atomic mass is 16.2. The van der Waals surface area contributed by atoms with Gasteiger partial charge in [0.05, 0.1) is 0 Å². The monoisotopic (exact) mass is 376 g/mol. The highest BCUT2D eigenvalue weighted by molar-refractivity contribution is 5.49. The molecular formula is C25H44O2. The molecule has 156 valence electrons. The summed E-state index contributed by atoms with van der Waals surface area (Å²) in [6.07, 6.45) is 18.0. The molecule has 2 heteroatoms. The van der Waals surface area contributed by atoms with E-state index in [0.29, 0.717) is 10.8 Å². The molecule has 4 fully saturated rings. The molecule has 8 atom stereocenters. The molecule has 2 nitrogen and oxygen atoms in total. The highest BCUT2D eigenvalue weighted by Crippen LogP contribution is 2.68. The number of hydrogen-bond acceptors (Lipinski definition) is 2. The Bertz CT molecular complexity index is 503. The van der Waals surface area contributed by atoms with Crippen molar-refractivity contribution >= 4 is 6.29 Å². The smallest absolute Gasteiger partial charge is 0.120 e. The maximum atomic E-state index is 10.8. The SMILES string of the molecule is CO.C[C@@H](CCC=O)C1CCC2C3CC[C@@H]4CCCC[C@]4(C)C3CC[C@@]21C. The molecule has 0 amide bonds. The molecule has 0 saturated heterocycles. The predicted molar refractivity (Wildman–Crippen MR) is 112 cm³/mol. The minimum absolute atomic E-state index is 0.571. The van der Waals surface area contributed by atoms with Gasteiger partial charge in [-0.15, -0.1) is 0 Å². The second kappa shape index (κ2) is 8.56. The highest BCUT2D eigenvalue weighted by Gasteiger charge is 2.59. The number of carbonyl (C=O) groups excluding carboxylic acids is 1. The molecule has 1 N–H and O–H groups in total. The molecule has 4 aliphatic rings. The van der Waals surface area contributed by atoms with E-state index in [4.69, 9.17) is 5.11 Å². The topological polar surface area (TPSA) is 37.3 Å². The lowest BCUT2D eigenvalue weighted by molar-refractivity contribution is -0.115. The lowest BCUT2D eigenvalue weighted by atomic mass is 9.44. The number of aldehydes is 1. The lowest BCUT2D eigenvalue weighted by Gasteiger charge is -2.61. The standard InChI is InChI=1S/C24H40O.CH4O/c1-17(7-6-16-25)20-11-12-21-19-10-9-18-8-4-5-14-23(18,2)22(19)13-15-24(20,21)3;1-2/h16-22H,4-15H2,1-3H3;2H,1H3/t17-,18-,19?,20?,21?,22?,23-,24+;/m0./s1. The summed E-state index contributed by atoms with van der Waals surface area (Å²) in [7, 11) is 1.00. The van der Waals surface area contributed by atoms with Crippen molar-refractivity contribution in [3.05, 3.63) is 0 Å². The molecule has 0 radical (unpaired) electrons. The van der Waals surface area contributed by atoms with Crippen molar-refractivity contribution in [1.82, 2.24) is 0 Å². The van der Waals surface area contributed by atoms with Gasteiger partial charge in [-0.2, -0.15) is 0 Å². The van der Waals surface area contributed by atoms with Crippen molar-refractivity contribution in [2.45, 2.75) is 97.8 Å². The molecule has 0 aliphatic heterocycles. The summed E-state index contributed by atoms with van der Waals surface area (Å²) in [6.45, 7) is 7.78. The fourth-order valence-corrected chi connectivity index (χ4v) is 8.80. The fourth-order valence-electron chi connectivity index (χ4n) is 8.80. The summed E-state index contributed by atoms with van der Waals surface area (Å²) in [4.78, 5) is 10.8. The third-order valence-electron chi connectivity index (χ3n) is 10.1. The number of fused-ring (bicyclic) bond motifs is 5. The molecule has 0 bridgehead atoms. The Hall–Kier alpha value is -0.370. The zero-order valence-electron chi connectivity index (χ0n) is 18.4. The van der Waals surface area contributed by atoms with Crippen LogP contribution in [-0.4, -0.2) is 18.5 Å². The predicted octanol–water partition coefficient (Wildman–Crippen LogP) is 6.26. The minimum atomic E-state index is 0.571. The first kappa shape index (κ1) is 21.3. The Labute approximate surface area is 167 Å². The molecule has 0 aromatic carbocycles. The first-order chi connectivity index (χ1) is 13.0. The van der Waals surface area contributed by atoms with Crippen LogP contribution in [0.5, 0.6) is 0 Å². The summed E-state index contributed by atoms with van der Waals surface area (Å²) in [5.74, 6) is 5.66. The van der Waals surface area contributed by atoms with E-state index >= 15 is 0 Å². The number of aliphatic hydroxyl groups is 1. The van der Waals surface area contributed by atoms with Crippen LogP contribution in [-0.2, 0) is 4.79 Å². The normalized spacial score (nSPS) is 46.9. The van der Waals surface area contributed by atoms with Crippen LogP contribution in [0.4, 0.5) is 0 Å². The third-order valence-corrected chi connectivity index (χ3v) is 10.1. The van der Waals surface area contributed by atoms with Gasteiger partial charge in [0.1, 0.15) is 6.29 Å². The Morgan fingerprint density at radius 1 is 0.926 bits per heavy atom. The minimum Gasteiger partial charge on any atom is -0.400 e. The van der Waals surface area contributed by atoms with E-state index in [0.717, 1.165) is 61.7 Å². The van der Waals surface area contributed by atoms with Crippen LogP contribution in [0.3, 0.4) is 0 Å². The van der Waals surface area contributed by atoms with E-state index in [1.165, 1.54) is 64.2 Å². The van der Waals surface area contributed by atoms with E-state index < -0.39 is 0 Å². The molecular weight excluding hydrogens is 332 g/mol. The second-order valence-corrected chi connectivity index (χ2v) is 10.9. The molecule has 0 spiro atoms. The summed E-state index contributed by atoms with van der Waals surface area (Å²) in [6, 6.07) is 0. The van der Waals surface area contributed by atoms with Gasteiger partial charge in [0, 0.05) is 13.5 Å². The van der Waals surface area contributed by atoms with Crippen LogP contribution in [0, 0.1) is 46.3 Å².